The first-order chi connectivity index (χ1) is 13.4. The minimum Gasteiger partial charge on any atom is -0.394 e. The van der Waals surface area contributed by atoms with Crippen molar-refractivity contribution in [3.05, 3.63) is 12.2 Å². The molecule has 7 nitrogen and oxygen atoms in total. The van der Waals surface area contributed by atoms with E-state index in [9.17, 15) is 19.5 Å². The van der Waals surface area contributed by atoms with E-state index in [-0.39, 0.29) is 42.2 Å². The van der Waals surface area contributed by atoms with Gasteiger partial charge in [-0.25, -0.2) is 0 Å². The van der Waals surface area contributed by atoms with Crippen molar-refractivity contribution in [2.45, 2.75) is 64.1 Å². The van der Waals surface area contributed by atoms with Gasteiger partial charge in [-0.3, -0.25) is 14.4 Å². The molecule has 28 heavy (non-hydrogen) atoms. The Morgan fingerprint density at radius 2 is 1.89 bits per heavy atom. The van der Waals surface area contributed by atoms with Crippen molar-refractivity contribution in [3.63, 3.8) is 0 Å². The summed E-state index contributed by atoms with van der Waals surface area (Å²) in [6.07, 6.45) is 9.21. The highest BCUT2D eigenvalue weighted by molar-refractivity contribution is 5.97. The van der Waals surface area contributed by atoms with Crippen molar-refractivity contribution in [3.8, 4) is 0 Å². The lowest BCUT2D eigenvalue weighted by Gasteiger charge is -2.34. The van der Waals surface area contributed by atoms with E-state index in [1.807, 2.05) is 19.1 Å². The van der Waals surface area contributed by atoms with E-state index in [0.717, 1.165) is 25.7 Å². The van der Waals surface area contributed by atoms with Crippen molar-refractivity contribution in [2.24, 2.45) is 23.7 Å². The molecule has 156 valence electrons. The number of nitrogens with zero attached hydrogens (tertiary/aromatic N) is 1. The van der Waals surface area contributed by atoms with Crippen LogP contribution in [-0.4, -0.2) is 59.5 Å². The summed E-state index contributed by atoms with van der Waals surface area (Å²) < 4.78 is 0. The number of aliphatic hydroxyl groups excluding tert-OH is 1. The molecule has 1 saturated heterocycles. The van der Waals surface area contributed by atoms with Gasteiger partial charge in [-0.15, -0.1) is 0 Å². The number of carbonyl (C=O) groups is 3. The highest BCUT2D eigenvalue weighted by Crippen LogP contribution is 2.44. The molecule has 3 rings (SSSR count). The first kappa shape index (κ1) is 20.8. The Hall–Kier alpha value is -1.89. The molecular formula is C21H33N3O4. The van der Waals surface area contributed by atoms with Gasteiger partial charge in [-0.2, -0.15) is 0 Å². The molecule has 0 radical (unpaired) electrons. The standard InChI is InChI=1S/C21H33N3O4/c1-12-9-10-15-17(16(12)19(26)22-3)21(28)24(13(2)11-25)18(15)20(27)23-14-7-5-4-6-8-14/h9-10,12-18,25H,4-8,11H2,1-3H3,(H,22,26)(H,23,27)/t12-,13-,15+,16-,17+,18+/m1/s1. The van der Waals surface area contributed by atoms with E-state index in [1.165, 1.54) is 11.3 Å². The third-order valence-corrected chi connectivity index (χ3v) is 6.72. The molecule has 3 N–H and O–H groups in total. The van der Waals surface area contributed by atoms with E-state index in [0.29, 0.717) is 0 Å². The van der Waals surface area contributed by atoms with Gasteiger partial charge in [0.05, 0.1) is 24.5 Å². The van der Waals surface area contributed by atoms with Crippen LogP contribution >= 0.6 is 0 Å². The monoisotopic (exact) mass is 391 g/mol. The summed E-state index contributed by atoms with van der Waals surface area (Å²) in [6.45, 7) is 3.45. The van der Waals surface area contributed by atoms with Crippen molar-refractivity contribution < 1.29 is 19.5 Å². The summed E-state index contributed by atoms with van der Waals surface area (Å²) in [5, 5.41) is 15.5. The molecule has 3 amide bonds. The molecule has 2 aliphatic carbocycles. The van der Waals surface area contributed by atoms with E-state index in [2.05, 4.69) is 10.6 Å². The van der Waals surface area contributed by atoms with Crippen LogP contribution in [0.4, 0.5) is 0 Å². The fourth-order valence-corrected chi connectivity index (χ4v) is 5.21. The van der Waals surface area contributed by atoms with Crippen LogP contribution < -0.4 is 10.6 Å². The van der Waals surface area contributed by atoms with Crippen LogP contribution in [0.2, 0.25) is 0 Å². The third-order valence-electron chi connectivity index (χ3n) is 6.72. The van der Waals surface area contributed by atoms with Gasteiger partial charge in [0.15, 0.2) is 0 Å². The van der Waals surface area contributed by atoms with Crippen LogP contribution in [0.3, 0.4) is 0 Å². The normalized spacial score (nSPS) is 34.1. The molecule has 1 heterocycles. The average Bonchev–Trinajstić information content (AvgIpc) is 3.00. The lowest BCUT2D eigenvalue weighted by molar-refractivity contribution is -0.143. The Bertz CT molecular complexity index is 644. The van der Waals surface area contributed by atoms with E-state index < -0.39 is 23.9 Å². The second-order valence-electron chi connectivity index (χ2n) is 8.55. The molecule has 1 saturated carbocycles. The molecule has 0 spiro atoms. The maximum atomic E-state index is 13.3. The van der Waals surface area contributed by atoms with Gasteiger partial charge >= 0.3 is 0 Å². The number of aliphatic hydroxyl groups is 1. The molecule has 3 aliphatic rings. The summed E-state index contributed by atoms with van der Waals surface area (Å²) >= 11 is 0. The van der Waals surface area contributed by atoms with E-state index in [1.54, 1.807) is 14.0 Å². The Morgan fingerprint density at radius 1 is 1.21 bits per heavy atom. The molecular weight excluding hydrogens is 358 g/mol. The Kier molecular flexibility index (Phi) is 6.43. The molecule has 0 bridgehead atoms. The fourth-order valence-electron chi connectivity index (χ4n) is 5.21. The first-order valence-electron chi connectivity index (χ1n) is 10.5. The fraction of sp³-hybridized carbons (Fsp3) is 0.762. The zero-order valence-electron chi connectivity index (χ0n) is 17.1. The van der Waals surface area contributed by atoms with Gasteiger partial charge < -0.3 is 20.6 Å². The number of nitrogens with one attached hydrogen (secondary N) is 2. The number of allylic oxidation sites excluding steroid dienone is 1. The smallest absolute Gasteiger partial charge is 0.243 e. The van der Waals surface area contributed by atoms with Crippen LogP contribution in [-0.2, 0) is 14.4 Å². The van der Waals surface area contributed by atoms with Gasteiger partial charge in [-0.05, 0) is 25.7 Å². The van der Waals surface area contributed by atoms with Crippen molar-refractivity contribution in [2.75, 3.05) is 13.7 Å². The van der Waals surface area contributed by atoms with Crippen molar-refractivity contribution in [1.82, 2.24) is 15.5 Å². The number of likely N-dealkylation sites (tertiary alicyclic amines) is 1. The lowest BCUT2D eigenvalue weighted by Crippen LogP contribution is -2.53. The first-order valence-corrected chi connectivity index (χ1v) is 10.5. The van der Waals surface area contributed by atoms with Gasteiger partial charge in [0, 0.05) is 19.0 Å². The molecule has 2 fully saturated rings. The number of carbonyl (C=O) groups excluding carboxylic acids is 3. The Labute approximate surface area is 166 Å². The molecule has 0 unspecified atom stereocenters. The maximum Gasteiger partial charge on any atom is 0.243 e. The van der Waals surface area contributed by atoms with E-state index in [4.69, 9.17) is 0 Å². The van der Waals surface area contributed by atoms with Gasteiger partial charge in [0.2, 0.25) is 17.7 Å². The number of hydrogen-bond donors (Lipinski definition) is 3. The predicted octanol–water partition coefficient (Wildman–Crippen LogP) is 0.827. The van der Waals surface area contributed by atoms with Crippen LogP contribution in [0.1, 0.15) is 46.0 Å². The maximum absolute atomic E-state index is 13.3. The highest BCUT2D eigenvalue weighted by Gasteiger charge is 2.57. The van der Waals surface area contributed by atoms with Gasteiger partial charge in [0.25, 0.3) is 0 Å². The number of amides is 3. The zero-order chi connectivity index (χ0) is 20.4. The lowest BCUT2D eigenvalue weighted by atomic mass is 9.70. The third kappa shape index (κ3) is 3.69. The van der Waals surface area contributed by atoms with Crippen LogP contribution in [0, 0.1) is 23.7 Å². The summed E-state index contributed by atoms with van der Waals surface area (Å²) in [7, 11) is 1.57. The predicted molar refractivity (Wildman–Crippen MR) is 105 cm³/mol. The highest BCUT2D eigenvalue weighted by atomic mass is 16.3. The SMILES string of the molecule is CNC(=O)[C@H]1[C@H]2C(=O)N([C@H](C)CO)[C@H](C(=O)NC3CCCCC3)[C@H]2C=C[C@H]1C. The van der Waals surface area contributed by atoms with Crippen molar-refractivity contribution in [1.29, 1.82) is 0 Å². The molecule has 0 aromatic carbocycles. The number of hydrogen-bond acceptors (Lipinski definition) is 4. The number of fused-ring (bicyclic) bond motifs is 1. The number of rotatable bonds is 5. The van der Waals surface area contributed by atoms with E-state index >= 15 is 0 Å². The van der Waals surface area contributed by atoms with Crippen LogP contribution in [0.15, 0.2) is 12.2 Å². The van der Waals surface area contributed by atoms with Gasteiger partial charge in [0.1, 0.15) is 6.04 Å². The second kappa shape index (κ2) is 8.64. The molecule has 0 aromatic rings. The summed E-state index contributed by atoms with van der Waals surface area (Å²) in [6, 6.07) is -1.02. The average molecular weight is 392 g/mol. The topological polar surface area (TPSA) is 98.7 Å². The summed E-state index contributed by atoms with van der Waals surface area (Å²) in [5.74, 6) is -2.07. The quantitative estimate of drug-likeness (QED) is 0.605. The zero-order valence-corrected chi connectivity index (χ0v) is 17.1. The molecule has 1 aliphatic heterocycles. The largest absolute Gasteiger partial charge is 0.394 e. The Morgan fingerprint density at radius 3 is 2.50 bits per heavy atom. The minimum atomic E-state index is -0.683. The Balaban J connectivity index is 1.91. The summed E-state index contributed by atoms with van der Waals surface area (Å²) in [4.78, 5) is 40.7. The van der Waals surface area contributed by atoms with Crippen LogP contribution in [0.25, 0.3) is 0 Å². The van der Waals surface area contributed by atoms with Gasteiger partial charge in [-0.1, -0.05) is 38.3 Å². The molecule has 7 heteroatoms. The van der Waals surface area contributed by atoms with Crippen molar-refractivity contribution >= 4 is 17.7 Å². The second-order valence-corrected chi connectivity index (χ2v) is 8.55. The van der Waals surface area contributed by atoms with Crippen LogP contribution in [0.5, 0.6) is 0 Å². The molecule has 0 aromatic heterocycles. The summed E-state index contributed by atoms with van der Waals surface area (Å²) in [5.41, 5.74) is 0. The minimum absolute atomic E-state index is 0.0865. The molecule has 6 atom stereocenters.